The van der Waals surface area contributed by atoms with Crippen molar-refractivity contribution in [2.45, 2.75) is 19.8 Å². The molecule has 4 nitrogen and oxygen atoms in total. The number of hydrogen-bond acceptors (Lipinski definition) is 5. The minimum absolute atomic E-state index is 0.708. The number of halogens is 1. The number of nitrogens with zero attached hydrogens (tertiary/aromatic N) is 3. The fraction of sp³-hybridized carbons (Fsp3) is 0.364. The molecule has 0 saturated heterocycles. The molecule has 0 radical (unpaired) electrons. The molecule has 0 unspecified atom stereocenters. The lowest BCUT2D eigenvalue weighted by Crippen LogP contribution is -2.05. The van der Waals surface area contributed by atoms with E-state index in [0.717, 1.165) is 33.6 Å². The summed E-state index contributed by atoms with van der Waals surface area (Å²) in [4.78, 5) is 13.3. The van der Waals surface area contributed by atoms with E-state index >= 15 is 0 Å². The van der Waals surface area contributed by atoms with Crippen LogP contribution in [0.15, 0.2) is 10.9 Å². The predicted octanol–water partition coefficient (Wildman–Crippen LogP) is 3.20. The topological polar surface area (TPSA) is 50.7 Å². The van der Waals surface area contributed by atoms with Crippen LogP contribution in [0.2, 0.25) is 0 Å². The van der Waals surface area contributed by atoms with E-state index in [-0.39, 0.29) is 0 Å². The van der Waals surface area contributed by atoms with E-state index in [1.165, 1.54) is 0 Å². The molecule has 6 heteroatoms. The normalized spacial score (nSPS) is 10.5. The molecule has 17 heavy (non-hydrogen) atoms. The molecule has 2 aromatic rings. The van der Waals surface area contributed by atoms with Gasteiger partial charge in [-0.3, -0.25) is 0 Å². The van der Waals surface area contributed by atoms with Crippen molar-refractivity contribution in [3.63, 3.8) is 0 Å². The van der Waals surface area contributed by atoms with Crippen molar-refractivity contribution in [2.24, 2.45) is 0 Å². The first-order valence-corrected chi connectivity index (χ1v) is 7.41. The molecular formula is C11H13IN4S. The molecule has 0 bridgehead atoms. The van der Waals surface area contributed by atoms with Crippen molar-refractivity contribution < 1.29 is 0 Å². The third-order valence-electron chi connectivity index (χ3n) is 2.30. The molecule has 0 atom stereocenters. The number of thiazole rings is 1. The fourth-order valence-electron chi connectivity index (χ4n) is 1.50. The van der Waals surface area contributed by atoms with Crippen LogP contribution in [0.5, 0.6) is 0 Å². The molecular weight excluding hydrogens is 347 g/mol. The Morgan fingerprint density at radius 2 is 2.24 bits per heavy atom. The average Bonchev–Trinajstić information content (AvgIpc) is 2.85. The molecule has 0 aliphatic carbocycles. The van der Waals surface area contributed by atoms with Crippen molar-refractivity contribution in [1.82, 2.24) is 15.0 Å². The molecule has 0 aromatic carbocycles. The van der Waals surface area contributed by atoms with E-state index < -0.39 is 0 Å². The summed E-state index contributed by atoms with van der Waals surface area (Å²) in [6, 6.07) is 0. The van der Waals surface area contributed by atoms with Crippen LogP contribution in [0.1, 0.15) is 19.0 Å². The Morgan fingerprint density at radius 3 is 2.82 bits per heavy atom. The Bertz CT molecular complexity index is 498. The Hall–Kier alpha value is -0.760. The number of rotatable bonds is 4. The van der Waals surface area contributed by atoms with E-state index in [4.69, 9.17) is 0 Å². The minimum Gasteiger partial charge on any atom is -0.372 e. The second kappa shape index (κ2) is 5.72. The van der Waals surface area contributed by atoms with Crippen LogP contribution >= 0.6 is 33.9 Å². The van der Waals surface area contributed by atoms with Gasteiger partial charge in [0, 0.05) is 12.4 Å². The van der Waals surface area contributed by atoms with Crippen molar-refractivity contribution in [2.75, 3.05) is 12.4 Å². The standard InChI is InChI=1S/C11H13IN4S/c1-3-4-7-9(12)11(13-2)16-10(15-7)8-5-17-6-14-8/h5-6H,3-4H2,1-2H3,(H,13,15,16). The van der Waals surface area contributed by atoms with Crippen LogP contribution in [0.25, 0.3) is 11.5 Å². The predicted molar refractivity (Wildman–Crippen MR) is 79.4 cm³/mol. The molecule has 0 saturated carbocycles. The first-order valence-electron chi connectivity index (χ1n) is 5.39. The van der Waals surface area contributed by atoms with Gasteiger partial charge >= 0.3 is 0 Å². The van der Waals surface area contributed by atoms with Gasteiger partial charge in [0.05, 0.1) is 14.8 Å². The van der Waals surface area contributed by atoms with Crippen molar-refractivity contribution >= 4 is 39.7 Å². The third-order valence-corrected chi connectivity index (χ3v) is 4.02. The summed E-state index contributed by atoms with van der Waals surface area (Å²) in [5, 5.41) is 5.08. The SMILES string of the molecule is CCCc1nc(-c2cscn2)nc(NC)c1I. The van der Waals surface area contributed by atoms with Crippen LogP contribution < -0.4 is 5.32 Å². The lowest BCUT2D eigenvalue weighted by Gasteiger charge is -2.09. The lowest BCUT2D eigenvalue weighted by atomic mass is 10.2. The van der Waals surface area contributed by atoms with Gasteiger partial charge in [0.15, 0.2) is 5.82 Å². The van der Waals surface area contributed by atoms with Gasteiger partial charge in [0.1, 0.15) is 11.5 Å². The van der Waals surface area contributed by atoms with Crippen LogP contribution in [0.3, 0.4) is 0 Å². The second-order valence-corrected chi connectivity index (χ2v) is 5.33. The Labute approximate surface area is 118 Å². The van der Waals surface area contributed by atoms with Crippen LogP contribution in [-0.2, 0) is 6.42 Å². The first kappa shape index (κ1) is 12.7. The Morgan fingerprint density at radius 1 is 1.41 bits per heavy atom. The number of aryl methyl sites for hydroxylation is 1. The van der Waals surface area contributed by atoms with E-state index in [2.05, 4.69) is 49.8 Å². The summed E-state index contributed by atoms with van der Waals surface area (Å²) in [5.41, 5.74) is 3.74. The molecule has 0 spiro atoms. The third kappa shape index (κ3) is 2.74. The first-order chi connectivity index (χ1) is 8.26. The average molecular weight is 360 g/mol. The van der Waals surface area contributed by atoms with E-state index in [1.54, 1.807) is 16.8 Å². The Kier molecular flexibility index (Phi) is 4.27. The summed E-state index contributed by atoms with van der Waals surface area (Å²) in [7, 11) is 1.88. The van der Waals surface area contributed by atoms with Crippen molar-refractivity contribution in [3.8, 4) is 11.5 Å². The summed E-state index contributed by atoms with van der Waals surface area (Å²) >= 11 is 3.85. The summed E-state index contributed by atoms with van der Waals surface area (Å²) in [6.45, 7) is 2.15. The molecule has 0 amide bonds. The number of anilines is 1. The zero-order valence-electron chi connectivity index (χ0n) is 9.70. The van der Waals surface area contributed by atoms with Gasteiger partial charge < -0.3 is 5.32 Å². The number of hydrogen-bond donors (Lipinski definition) is 1. The highest BCUT2D eigenvalue weighted by atomic mass is 127. The van der Waals surface area contributed by atoms with E-state index in [1.807, 2.05) is 12.4 Å². The summed E-state index contributed by atoms with van der Waals surface area (Å²) in [6.07, 6.45) is 2.04. The van der Waals surface area contributed by atoms with Gasteiger partial charge in [-0.25, -0.2) is 15.0 Å². The van der Waals surface area contributed by atoms with Gasteiger partial charge in [-0.1, -0.05) is 13.3 Å². The monoisotopic (exact) mass is 360 g/mol. The van der Waals surface area contributed by atoms with E-state index in [0.29, 0.717) is 5.82 Å². The van der Waals surface area contributed by atoms with Crippen LogP contribution in [-0.4, -0.2) is 22.0 Å². The molecule has 2 aromatic heterocycles. The van der Waals surface area contributed by atoms with Gasteiger partial charge in [-0.05, 0) is 29.0 Å². The highest BCUT2D eigenvalue weighted by Gasteiger charge is 2.12. The van der Waals surface area contributed by atoms with Crippen molar-refractivity contribution in [3.05, 3.63) is 20.2 Å². The molecule has 1 N–H and O–H groups in total. The molecule has 0 aliphatic rings. The second-order valence-electron chi connectivity index (χ2n) is 3.53. The smallest absolute Gasteiger partial charge is 0.181 e. The summed E-state index contributed by atoms with van der Waals surface area (Å²) < 4.78 is 1.10. The maximum Gasteiger partial charge on any atom is 0.181 e. The Balaban J connectivity index is 2.50. The molecule has 2 rings (SSSR count). The lowest BCUT2D eigenvalue weighted by molar-refractivity contribution is 0.867. The van der Waals surface area contributed by atoms with Gasteiger partial charge in [0.25, 0.3) is 0 Å². The highest BCUT2D eigenvalue weighted by Crippen LogP contribution is 2.24. The quantitative estimate of drug-likeness (QED) is 0.851. The minimum atomic E-state index is 0.708. The largest absolute Gasteiger partial charge is 0.372 e. The fourth-order valence-corrected chi connectivity index (χ4v) is 2.81. The summed E-state index contributed by atoms with van der Waals surface area (Å²) in [5.74, 6) is 1.59. The molecule has 90 valence electrons. The number of nitrogens with one attached hydrogen (secondary N) is 1. The maximum atomic E-state index is 4.60. The van der Waals surface area contributed by atoms with Gasteiger partial charge in [-0.15, -0.1) is 11.3 Å². The van der Waals surface area contributed by atoms with E-state index in [9.17, 15) is 0 Å². The molecule has 2 heterocycles. The zero-order valence-corrected chi connectivity index (χ0v) is 12.7. The number of aromatic nitrogens is 3. The van der Waals surface area contributed by atoms with Crippen LogP contribution in [0.4, 0.5) is 5.82 Å². The van der Waals surface area contributed by atoms with Gasteiger partial charge in [-0.2, -0.15) is 0 Å². The van der Waals surface area contributed by atoms with Gasteiger partial charge in [0.2, 0.25) is 0 Å². The zero-order chi connectivity index (χ0) is 12.3. The highest BCUT2D eigenvalue weighted by molar-refractivity contribution is 14.1. The van der Waals surface area contributed by atoms with Crippen LogP contribution in [0, 0.1) is 3.57 Å². The molecule has 0 aliphatic heterocycles. The maximum absolute atomic E-state index is 4.60. The molecule has 0 fully saturated rings. The van der Waals surface area contributed by atoms with Crippen molar-refractivity contribution in [1.29, 1.82) is 0 Å².